The molecule has 1 heterocycles. The van der Waals surface area contributed by atoms with Crippen LogP contribution in [0.1, 0.15) is 86.0 Å². The van der Waals surface area contributed by atoms with E-state index in [2.05, 4.69) is 15.5 Å². The normalized spacial score (nSPS) is 15.0. The zero-order valence-corrected chi connectivity index (χ0v) is 27.0. The van der Waals surface area contributed by atoms with E-state index in [0.717, 1.165) is 32.2 Å². The molecule has 1 aliphatic rings. The van der Waals surface area contributed by atoms with Crippen molar-refractivity contribution in [1.82, 2.24) is 20.6 Å². The maximum Gasteiger partial charge on any atom is 0.334 e. The van der Waals surface area contributed by atoms with Gasteiger partial charge in [-0.1, -0.05) is 62.1 Å². The predicted octanol–water partition coefficient (Wildman–Crippen LogP) is 3.12. The molecule has 4 amide bonds. The van der Waals surface area contributed by atoms with Gasteiger partial charge in [0.25, 0.3) is 11.8 Å². The second-order valence-corrected chi connectivity index (χ2v) is 13.7. The minimum atomic E-state index is -0.624. The Kier molecular flexibility index (Phi) is 17.9. The molecule has 1 unspecified atom stereocenters. The Labute approximate surface area is 252 Å². The molecular formula is C28H48N4O7S2. The zero-order valence-electron chi connectivity index (χ0n) is 25.4. The number of nitrogens with zero attached hydrogens (tertiary/aromatic N) is 2. The van der Waals surface area contributed by atoms with Gasteiger partial charge in [0.05, 0.1) is 18.5 Å². The lowest BCUT2D eigenvalue weighted by Gasteiger charge is -2.32. The summed E-state index contributed by atoms with van der Waals surface area (Å²) in [5, 5.41) is 6.41. The van der Waals surface area contributed by atoms with Crippen LogP contribution in [0.25, 0.3) is 0 Å². The first-order chi connectivity index (χ1) is 19.3. The number of carbonyl (C=O) groups excluding carboxylic acids is 6. The summed E-state index contributed by atoms with van der Waals surface area (Å²) in [6.45, 7) is 10.8. The number of likely N-dealkylation sites (N-methyl/N-ethyl adjacent to an activating group) is 1. The lowest BCUT2D eigenvalue weighted by Crippen LogP contribution is -2.53. The van der Waals surface area contributed by atoms with Crippen LogP contribution in [0.4, 0.5) is 0 Å². The van der Waals surface area contributed by atoms with Crippen molar-refractivity contribution in [3.8, 4) is 0 Å². The van der Waals surface area contributed by atoms with E-state index in [1.165, 1.54) is 28.5 Å². The molecule has 0 radical (unpaired) electrons. The van der Waals surface area contributed by atoms with Crippen molar-refractivity contribution in [3.05, 3.63) is 0 Å². The third-order valence-electron chi connectivity index (χ3n) is 6.62. The second kappa shape index (κ2) is 19.9. The lowest BCUT2D eigenvalue weighted by atomic mass is 9.97. The van der Waals surface area contributed by atoms with Crippen molar-refractivity contribution in [2.24, 2.45) is 11.8 Å². The number of ketones is 1. The molecule has 2 N–H and O–H groups in total. The zero-order chi connectivity index (χ0) is 30.9. The van der Waals surface area contributed by atoms with Crippen LogP contribution in [0, 0.1) is 11.8 Å². The minimum Gasteiger partial charge on any atom is -0.356 e. The first kappa shape index (κ1) is 36.9. The molecule has 13 heteroatoms. The summed E-state index contributed by atoms with van der Waals surface area (Å²) in [6.07, 6.45) is 4.37. The van der Waals surface area contributed by atoms with Gasteiger partial charge in [0.2, 0.25) is 11.8 Å². The fourth-order valence-electron chi connectivity index (χ4n) is 4.47. The molecule has 0 bridgehead atoms. The van der Waals surface area contributed by atoms with Crippen molar-refractivity contribution in [2.45, 2.75) is 98.1 Å². The van der Waals surface area contributed by atoms with Crippen molar-refractivity contribution in [1.29, 1.82) is 0 Å². The largest absolute Gasteiger partial charge is 0.356 e. The van der Waals surface area contributed by atoms with Crippen molar-refractivity contribution in [3.63, 3.8) is 0 Å². The fourth-order valence-corrected chi connectivity index (χ4v) is 6.43. The highest BCUT2D eigenvalue weighted by Crippen LogP contribution is 2.23. The average Bonchev–Trinajstić information content (AvgIpc) is 3.20. The molecule has 2 atom stereocenters. The Balaban J connectivity index is 2.11. The molecule has 1 aliphatic heterocycles. The van der Waals surface area contributed by atoms with E-state index < -0.39 is 23.8 Å². The molecule has 0 aromatic carbocycles. The number of amides is 4. The summed E-state index contributed by atoms with van der Waals surface area (Å²) in [4.78, 5) is 78.4. The van der Waals surface area contributed by atoms with Gasteiger partial charge in [0.1, 0.15) is 0 Å². The Bertz CT molecular complexity index is 885. The van der Waals surface area contributed by atoms with E-state index in [4.69, 9.17) is 4.84 Å². The molecule has 0 aromatic rings. The third-order valence-corrected chi connectivity index (χ3v) is 9.03. The summed E-state index contributed by atoms with van der Waals surface area (Å²) in [6, 6.07) is -0.769. The summed E-state index contributed by atoms with van der Waals surface area (Å²) < 4.78 is 0. The topological polar surface area (TPSA) is 142 Å². The highest BCUT2D eigenvalue weighted by Gasteiger charge is 2.33. The van der Waals surface area contributed by atoms with Gasteiger partial charge in [-0.3, -0.25) is 28.9 Å². The lowest BCUT2D eigenvalue weighted by molar-refractivity contribution is -0.197. The molecule has 1 saturated heterocycles. The van der Waals surface area contributed by atoms with Crippen LogP contribution in [-0.2, 0) is 33.6 Å². The summed E-state index contributed by atoms with van der Waals surface area (Å²) in [5.74, 6) is -0.546. The number of hydroxylamine groups is 2. The maximum absolute atomic E-state index is 12.9. The van der Waals surface area contributed by atoms with Crippen LogP contribution in [-0.4, -0.2) is 89.1 Å². The van der Waals surface area contributed by atoms with Gasteiger partial charge in [0, 0.05) is 37.3 Å². The predicted molar refractivity (Wildman–Crippen MR) is 162 cm³/mol. The van der Waals surface area contributed by atoms with E-state index >= 15 is 0 Å². The molecule has 0 aromatic heterocycles. The minimum absolute atomic E-state index is 0.0145. The Hall–Kier alpha value is -2.12. The van der Waals surface area contributed by atoms with Crippen LogP contribution >= 0.6 is 21.6 Å². The molecule has 234 valence electrons. The first-order valence-electron chi connectivity index (χ1n) is 14.4. The van der Waals surface area contributed by atoms with Gasteiger partial charge < -0.3 is 15.5 Å². The highest BCUT2D eigenvalue weighted by atomic mass is 33.1. The number of hydrogen-bond donors (Lipinski definition) is 2. The second-order valence-electron chi connectivity index (χ2n) is 11.0. The number of nitrogens with one attached hydrogen (secondary N) is 2. The monoisotopic (exact) mass is 616 g/mol. The van der Waals surface area contributed by atoms with E-state index in [1.807, 2.05) is 34.7 Å². The van der Waals surface area contributed by atoms with Crippen molar-refractivity contribution >= 4 is 57.0 Å². The Morgan fingerprint density at radius 2 is 1.49 bits per heavy atom. The van der Waals surface area contributed by atoms with Crippen LogP contribution in [0.2, 0.25) is 0 Å². The molecule has 1 rings (SSSR count). The van der Waals surface area contributed by atoms with E-state index in [-0.39, 0.29) is 54.7 Å². The quantitative estimate of drug-likeness (QED) is 0.112. The highest BCUT2D eigenvalue weighted by molar-refractivity contribution is 8.76. The molecule has 41 heavy (non-hydrogen) atoms. The van der Waals surface area contributed by atoms with Crippen LogP contribution < -0.4 is 10.6 Å². The van der Waals surface area contributed by atoms with Gasteiger partial charge in [-0.25, -0.2) is 4.79 Å². The van der Waals surface area contributed by atoms with Crippen LogP contribution in [0.3, 0.4) is 0 Å². The number of Topliss-reactive ketones (excluding diaryl/α,β-unsaturated/α-hetero) is 1. The summed E-state index contributed by atoms with van der Waals surface area (Å²) >= 11 is 0. The molecule has 0 aliphatic carbocycles. The van der Waals surface area contributed by atoms with E-state index in [9.17, 15) is 28.8 Å². The van der Waals surface area contributed by atoms with Gasteiger partial charge in [0.15, 0.2) is 5.78 Å². The number of carbonyl (C=O) groups is 6. The van der Waals surface area contributed by atoms with Gasteiger partial charge >= 0.3 is 5.97 Å². The molecule has 0 saturated carbocycles. The molecule has 11 nitrogen and oxygen atoms in total. The molecular weight excluding hydrogens is 568 g/mol. The summed E-state index contributed by atoms with van der Waals surface area (Å²) in [7, 11) is 4.87. The van der Waals surface area contributed by atoms with E-state index in [0.29, 0.717) is 29.5 Å². The van der Waals surface area contributed by atoms with Gasteiger partial charge in [-0.15, -0.1) is 5.06 Å². The van der Waals surface area contributed by atoms with Gasteiger partial charge in [-0.05, 0) is 45.2 Å². The number of unbranched alkanes of at least 4 members (excludes halogenated alkanes) is 3. The number of imide groups is 1. The van der Waals surface area contributed by atoms with Gasteiger partial charge in [-0.2, -0.15) is 0 Å². The number of hydrogen-bond acceptors (Lipinski definition) is 10. The molecule has 1 fully saturated rings. The number of rotatable bonds is 21. The standard InChI is InChI=1S/C28H48N4O7S2/c1-19(2)26(21(5)33)30-28(38)27(20(3)4)31(6)16-10-8-7-9-15-29-22(34)13-17-40-41-18-14-25(37)39-32-23(35)11-12-24(32)36/h19-20,26-27H,7-18H2,1-6H3,(H,29,34)(H,30,38)/t26-,27?/m0/s1. The Morgan fingerprint density at radius 1 is 0.902 bits per heavy atom. The SMILES string of the molecule is CC(=O)[C@@H](NC(=O)C(C(C)C)N(C)CCCCCCNC(=O)CCSSCCC(=O)ON1C(=O)CCC1=O)C(C)C. The van der Waals surface area contributed by atoms with Crippen LogP contribution in [0.15, 0.2) is 0 Å². The van der Waals surface area contributed by atoms with Crippen LogP contribution in [0.5, 0.6) is 0 Å². The Morgan fingerprint density at radius 3 is 2.05 bits per heavy atom. The fraction of sp³-hybridized carbons (Fsp3) is 0.786. The smallest absolute Gasteiger partial charge is 0.334 e. The first-order valence-corrected chi connectivity index (χ1v) is 16.9. The summed E-state index contributed by atoms with van der Waals surface area (Å²) in [5.41, 5.74) is 0. The third kappa shape index (κ3) is 14.6. The van der Waals surface area contributed by atoms with Crippen molar-refractivity contribution < 1.29 is 33.6 Å². The molecule has 0 spiro atoms. The maximum atomic E-state index is 12.9. The van der Waals surface area contributed by atoms with E-state index in [1.54, 1.807) is 0 Å². The average molecular weight is 617 g/mol. The van der Waals surface area contributed by atoms with Crippen molar-refractivity contribution in [2.75, 3.05) is 31.6 Å².